The predicted octanol–water partition coefficient (Wildman–Crippen LogP) is 7.76. The van der Waals surface area contributed by atoms with Gasteiger partial charge in [0.1, 0.15) is 5.71 Å². The Hall–Kier alpha value is -2.17. The van der Waals surface area contributed by atoms with Crippen molar-refractivity contribution in [2.45, 2.75) is 73.6 Å². The summed E-state index contributed by atoms with van der Waals surface area (Å²) in [4.78, 5) is 9.98. The molecule has 0 bridgehead atoms. The van der Waals surface area contributed by atoms with Gasteiger partial charge in [-0.2, -0.15) is 0 Å². The van der Waals surface area contributed by atoms with Crippen LogP contribution >= 0.6 is 0 Å². The molecule has 0 fully saturated rings. The topological polar surface area (TPSA) is 24.7 Å². The summed E-state index contributed by atoms with van der Waals surface area (Å²) >= 11 is 0. The molecule has 0 saturated carbocycles. The van der Waals surface area contributed by atoms with Gasteiger partial charge in [0.15, 0.2) is 0 Å². The van der Waals surface area contributed by atoms with E-state index < -0.39 is 0 Å². The second-order valence-electron chi connectivity index (χ2n) is 7.87. The summed E-state index contributed by atoms with van der Waals surface area (Å²) < 4.78 is 0. The maximum atomic E-state index is 5.02. The Bertz CT molecular complexity index is 918. The number of aryl methyl sites for hydroxylation is 4. The molecule has 2 nitrogen and oxygen atoms in total. The van der Waals surface area contributed by atoms with Gasteiger partial charge in [0.25, 0.3) is 0 Å². The van der Waals surface area contributed by atoms with Crippen LogP contribution in [0.15, 0.2) is 46.4 Å². The zero-order valence-corrected chi connectivity index (χ0v) is 20.2. The monoisotopic (exact) mass is 444 g/mol. The molecule has 0 radical (unpaired) electrons. The van der Waals surface area contributed by atoms with Gasteiger partial charge in [-0.25, -0.2) is 4.99 Å². The molecular weight excluding hydrogens is 411 g/mol. The zero-order chi connectivity index (χ0) is 21.2. The van der Waals surface area contributed by atoms with Crippen LogP contribution in [0.5, 0.6) is 0 Å². The van der Waals surface area contributed by atoms with Crippen molar-refractivity contribution in [3.05, 3.63) is 58.7 Å². The fourth-order valence-electron chi connectivity index (χ4n) is 3.32. The van der Waals surface area contributed by atoms with Gasteiger partial charge in [0, 0.05) is 22.9 Å². The van der Waals surface area contributed by atoms with Crippen molar-refractivity contribution in [3.63, 3.8) is 0 Å². The van der Waals surface area contributed by atoms with Crippen LogP contribution in [0.3, 0.4) is 0 Å². The van der Waals surface area contributed by atoms with Gasteiger partial charge in [0.05, 0.1) is 17.1 Å². The number of hydrogen-bond donors (Lipinski definition) is 0. The maximum Gasteiger partial charge on any atom is 0.135 e. The molecular formula is C27H34N2Ni. The SMILES string of the molecule is CCCC#CC(=N\c1cc(C)cc(C)c1)/C(CCCC)=N/c1cc(C)cc(C)c1.[Ni]. The molecule has 162 valence electrons. The number of rotatable bonds is 7. The predicted molar refractivity (Wildman–Crippen MR) is 128 cm³/mol. The Labute approximate surface area is 193 Å². The summed E-state index contributed by atoms with van der Waals surface area (Å²) in [6.07, 6.45) is 4.99. The van der Waals surface area contributed by atoms with E-state index in [2.05, 4.69) is 89.8 Å². The van der Waals surface area contributed by atoms with E-state index >= 15 is 0 Å². The van der Waals surface area contributed by atoms with E-state index in [0.29, 0.717) is 0 Å². The van der Waals surface area contributed by atoms with Crippen LogP contribution < -0.4 is 0 Å². The Morgan fingerprint density at radius 3 is 1.70 bits per heavy atom. The van der Waals surface area contributed by atoms with Crippen molar-refractivity contribution < 1.29 is 16.5 Å². The summed E-state index contributed by atoms with van der Waals surface area (Å²) in [7, 11) is 0. The summed E-state index contributed by atoms with van der Waals surface area (Å²) in [6, 6.07) is 12.8. The molecule has 0 aliphatic rings. The Balaban J connectivity index is 0.00000450. The van der Waals surface area contributed by atoms with E-state index in [9.17, 15) is 0 Å². The van der Waals surface area contributed by atoms with E-state index in [-0.39, 0.29) is 16.5 Å². The van der Waals surface area contributed by atoms with Crippen LogP contribution in [0.4, 0.5) is 11.4 Å². The Kier molecular flexibility index (Phi) is 11.4. The molecule has 2 aromatic rings. The van der Waals surface area contributed by atoms with Crippen molar-refractivity contribution in [2.24, 2.45) is 9.98 Å². The van der Waals surface area contributed by atoms with Crippen LogP contribution in [0.2, 0.25) is 0 Å². The minimum absolute atomic E-state index is 0. The first-order valence-electron chi connectivity index (χ1n) is 10.7. The van der Waals surface area contributed by atoms with Crippen molar-refractivity contribution in [3.8, 4) is 11.8 Å². The molecule has 0 N–H and O–H groups in total. The molecule has 0 spiro atoms. The first kappa shape index (κ1) is 25.9. The molecule has 30 heavy (non-hydrogen) atoms. The van der Waals surface area contributed by atoms with Crippen LogP contribution in [-0.2, 0) is 16.5 Å². The largest absolute Gasteiger partial charge is 0.250 e. The average Bonchev–Trinajstić information content (AvgIpc) is 2.63. The summed E-state index contributed by atoms with van der Waals surface area (Å²) in [5, 5.41) is 0. The van der Waals surface area contributed by atoms with Gasteiger partial charge >= 0.3 is 0 Å². The zero-order valence-electron chi connectivity index (χ0n) is 19.2. The third-order valence-corrected chi connectivity index (χ3v) is 4.54. The molecule has 0 aliphatic carbocycles. The molecule has 2 aromatic carbocycles. The quantitative estimate of drug-likeness (QED) is 0.236. The molecule has 0 atom stereocenters. The minimum atomic E-state index is 0. The molecule has 0 amide bonds. The molecule has 2 rings (SSSR count). The fraction of sp³-hybridized carbons (Fsp3) is 0.407. The van der Waals surface area contributed by atoms with Gasteiger partial charge in [0.2, 0.25) is 0 Å². The van der Waals surface area contributed by atoms with Gasteiger partial charge in [-0.15, -0.1) is 0 Å². The molecule has 0 unspecified atom stereocenters. The number of aliphatic imine (C=N–C) groups is 2. The van der Waals surface area contributed by atoms with Crippen LogP contribution in [0.1, 0.15) is 68.2 Å². The molecule has 0 aliphatic heterocycles. The van der Waals surface area contributed by atoms with Gasteiger partial charge in [-0.3, -0.25) is 4.99 Å². The average molecular weight is 445 g/mol. The standard InChI is InChI=1S/C27H34N2.Ni/c1-7-9-11-13-27(29-25-18-22(5)15-23(6)19-25)26(12-10-8-2)28-24-16-20(3)14-21(4)17-24;/h14-19H,7-10,12H2,1-6H3;/b28-26+,29-27+;. The van der Waals surface area contributed by atoms with E-state index in [1.165, 1.54) is 22.3 Å². The van der Waals surface area contributed by atoms with Crippen molar-refractivity contribution in [1.82, 2.24) is 0 Å². The number of benzene rings is 2. The third kappa shape index (κ3) is 8.68. The third-order valence-electron chi connectivity index (χ3n) is 4.54. The minimum Gasteiger partial charge on any atom is -0.250 e. The fourth-order valence-corrected chi connectivity index (χ4v) is 3.32. The van der Waals surface area contributed by atoms with Crippen LogP contribution in [-0.4, -0.2) is 11.4 Å². The van der Waals surface area contributed by atoms with Crippen molar-refractivity contribution in [2.75, 3.05) is 0 Å². The normalized spacial score (nSPS) is 11.5. The van der Waals surface area contributed by atoms with Gasteiger partial charge in [-0.05, 0) is 99.4 Å². The number of nitrogens with zero attached hydrogens (tertiary/aromatic N) is 2. The van der Waals surface area contributed by atoms with E-state index in [1.807, 2.05) is 0 Å². The van der Waals surface area contributed by atoms with E-state index in [0.717, 1.165) is 54.9 Å². The maximum absolute atomic E-state index is 5.02. The molecule has 0 saturated heterocycles. The Morgan fingerprint density at radius 2 is 1.23 bits per heavy atom. The van der Waals surface area contributed by atoms with Crippen LogP contribution in [0, 0.1) is 39.5 Å². The molecule has 0 aromatic heterocycles. The molecule has 0 heterocycles. The second kappa shape index (κ2) is 13.2. The van der Waals surface area contributed by atoms with Crippen LogP contribution in [0.25, 0.3) is 0 Å². The summed E-state index contributed by atoms with van der Waals surface area (Å²) in [5.41, 5.74) is 8.60. The Morgan fingerprint density at radius 1 is 0.733 bits per heavy atom. The second-order valence-corrected chi connectivity index (χ2v) is 7.87. The van der Waals surface area contributed by atoms with Gasteiger partial charge < -0.3 is 0 Å². The van der Waals surface area contributed by atoms with E-state index in [1.54, 1.807) is 0 Å². The first-order valence-corrected chi connectivity index (χ1v) is 10.7. The van der Waals surface area contributed by atoms with E-state index in [4.69, 9.17) is 9.98 Å². The summed E-state index contributed by atoms with van der Waals surface area (Å²) in [5.74, 6) is 6.62. The molecule has 3 heteroatoms. The summed E-state index contributed by atoms with van der Waals surface area (Å²) in [6.45, 7) is 12.8. The first-order chi connectivity index (χ1) is 13.9. The smallest absolute Gasteiger partial charge is 0.135 e. The van der Waals surface area contributed by atoms with Crippen molar-refractivity contribution >= 4 is 22.8 Å². The number of hydrogen-bond acceptors (Lipinski definition) is 2. The van der Waals surface area contributed by atoms with Crippen molar-refractivity contribution in [1.29, 1.82) is 0 Å². The van der Waals surface area contributed by atoms with Gasteiger partial charge in [-0.1, -0.05) is 38.3 Å². The number of unbranched alkanes of at least 4 members (excludes halogenated alkanes) is 2.